The standard InChI is InChI=1S/C20H22N4O2/c1-4-13-7-8-16-15(10-13)17(18(25)20(2,3)26-16)24-19(23-12-21)14-6-5-9-22-11-14/h5-11,17-18,25H,4H2,1-3H3,(H,23,24). The molecule has 2 unspecified atom stereocenters. The first-order valence-electron chi connectivity index (χ1n) is 8.59. The van der Waals surface area contributed by atoms with Crippen molar-refractivity contribution in [2.24, 2.45) is 4.99 Å². The van der Waals surface area contributed by atoms with Crippen molar-refractivity contribution in [2.75, 3.05) is 0 Å². The molecule has 1 aliphatic heterocycles. The van der Waals surface area contributed by atoms with Crippen molar-refractivity contribution in [3.63, 3.8) is 0 Å². The van der Waals surface area contributed by atoms with Crippen molar-refractivity contribution in [2.45, 2.75) is 44.9 Å². The smallest absolute Gasteiger partial charge is 0.182 e. The highest BCUT2D eigenvalue weighted by Crippen LogP contribution is 2.42. The summed E-state index contributed by atoms with van der Waals surface area (Å²) < 4.78 is 5.99. The maximum absolute atomic E-state index is 10.9. The number of aryl methyl sites for hydroxylation is 1. The highest BCUT2D eigenvalue weighted by molar-refractivity contribution is 5.99. The second-order valence-corrected chi connectivity index (χ2v) is 6.78. The number of benzene rings is 1. The molecule has 0 fully saturated rings. The fourth-order valence-corrected chi connectivity index (χ4v) is 3.05. The number of nitrogens with one attached hydrogen (secondary N) is 1. The Morgan fingerprint density at radius 3 is 2.88 bits per heavy atom. The number of hydrogen-bond donors (Lipinski definition) is 2. The number of aliphatic imine (C=N–C) groups is 1. The molecule has 1 aromatic carbocycles. The van der Waals surface area contributed by atoms with Gasteiger partial charge in [-0.05, 0) is 50.1 Å². The minimum absolute atomic E-state index is 0.371. The summed E-state index contributed by atoms with van der Waals surface area (Å²) in [6, 6.07) is 8.98. The fraction of sp³-hybridized carbons (Fsp3) is 0.350. The van der Waals surface area contributed by atoms with Crippen LogP contribution in [0.2, 0.25) is 0 Å². The first-order chi connectivity index (χ1) is 12.5. The van der Waals surface area contributed by atoms with E-state index in [1.54, 1.807) is 18.5 Å². The van der Waals surface area contributed by atoms with Crippen LogP contribution in [0.25, 0.3) is 0 Å². The zero-order chi connectivity index (χ0) is 18.7. The molecule has 3 rings (SSSR count). The number of amidine groups is 1. The van der Waals surface area contributed by atoms with Crippen LogP contribution in [-0.4, -0.2) is 27.6 Å². The number of ether oxygens (including phenoxy) is 1. The van der Waals surface area contributed by atoms with Crippen LogP contribution in [-0.2, 0) is 6.42 Å². The molecule has 0 saturated carbocycles. The number of aliphatic hydroxyl groups excluding tert-OH is 1. The Hall–Kier alpha value is -2.91. The summed E-state index contributed by atoms with van der Waals surface area (Å²) in [5, 5.41) is 22.7. The number of aromatic nitrogens is 1. The summed E-state index contributed by atoms with van der Waals surface area (Å²) in [6.07, 6.45) is 5.20. The zero-order valence-corrected chi connectivity index (χ0v) is 15.1. The van der Waals surface area contributed by atoms with E-state index < -0.39 is 17.7 Å². The number of rotatable bonds is 3. The Labute approximate surface area is 153 Å². The summed E-state index contributed by atoms with van der Waals surface area (Å²) in [6.45, 7) is 5.74. The molecule has 6 heteroatoms. The van der Waals surface area contributed by atoms with E-state index in [4.69, 9.17) is 15.0 Å². The van der Waals surface area contributed by atoms with Crippen LogP contribution in [0.5, 0.6) is 5.75 Å². The molecular formula is C20H22N4O2. The van der Waals surface area contributed by atoms with Crippen molar-refractivity contribution < 1.29 is 9.84 Å². The molecule has 26 heavy (non-hydrogen) atoms. The van der Waals surface area contributed by atoms with Crippen molar-refractivity contribution in [1.82, 2.24) is 10.3 Å². The van der Waals surface area contributed by atoms with E-state index >= 15 is 0 Å². The Kier molecular flexibility index (Phi) is 4.92. The second kappa shape index (κ2) is 7.14. The van der Waals surface area contributed by atoms with Gasteiger partial charge >= 0.3 is 0 Å². The normalized spacial score (nSPS) is 21.3. The van der Waals surface area contributed by atoms with E-state index in [1.807, 2.05) is 44.3 Å². The van der Waals surface area contributed by atoms with Crippen LogP contribution >= 0.6 is 0 Å². The predicted molar refractivity (Wildman–Crippen MR) is 98.8 cm³/mol. The quantitative estimate of drug-likeness (QED) is 0.384. The first-order valence-corrected chi connectivity index (χ1v) is 8.59. The molecule has 1 aliphatic rings. The van der Waals surface area contributed by atoms with Gasteiger partial charge in [0.15, 0.2) is 6.19 Å². The monoisotopic (exact) mass is 350 g/mol. The molecule has 0 amide bonds. The van der Waals surface area contributed by atoms with Gasteiger partial charge < -0.3 is 9.84 Å². The van der Waals surface area contributed by atoms with Crippen molar-refractivity contribution in [3.8, 4) is 11.9 Å². The highest BCUT2D eigenvalue weighted by atomic mass is 16.5. The fourth-order valence-electron chi connectivity index (χ4n) is 3.05. The predicted octanol–water partition coefficient (Wildman–Crippen LogP) is 2.73. The van der Waals surface area contributed by atoms with E-state index in [0.29, 0.717) is 17.1 Å². The number of hydrogen-bond acceptors (Lipinski definition) is 5. The lowest BCUT2D eigenvalue weighted by molar-refractivity contribution is -0.0567. The molecule has 0 bridgehead atoms. The van der Waals surface area contributed by atoms with Crippen molar-refractivity contribution in [3.05, 3.63) is 59.4 Å². The lowest BCUT2D eigenvalue weighted by Gasteiger charge is -2.41. The largest absolute Gasteiger partial charge is 0.485 e. The van der Waals surface area contributed by atoms with Gasteiger partial charge in [-0.15, -0.1) is 0 Å². The number of pyridine rings is 1. The van der Waals surface area contributed by atoms with Crippen molar-refractivity contribution in [1.29, 1.82) is 5.26 Å². The SMILES string of the molecule is CCc1ccc2c(c1)C(N=C(NC#N)c1cccnc1)C(O)C(C)(C)O2. The average Bonchev–Trinajstić information content (AvgIpc) is 2.65. The zero-order valence-electron chi connectivity index (χ0n) is 15.1. The third-order valence-electron chi connectivity index (χ3n) is 4.56. The van der Waals surface area contributed by atoms with E-state index in [2.05, 4.69) is 17.2 Å². The van der Waals surface area contributed by atoms with Gasteiger partial charge in [0.1, 0.15) is 29.3 Å². The van der Waals surface area contributed by atoms with Gasteiger partial charge in [-0.2, -0.15) is 5.26 Å². The van der Waals surface area contributed by atoms with Gasteiger partial charge in [-0.1, -0.05) is 13.0 Å². The molecule has 0 radical (unpaired) electrons. The van der Waals surface area contributed by atoms with Gasteiger partial charge in [0, 0.05) is 23.5 Å². The molecular weight excluding hydrogens is 328 g/mol. The van der Waals surface area contributed by atoms with Crippen LogP contribution in [0, 0.1) is 11.5 Å². The van der Waals surface area contributed by atoms with Crippen molar-refractivity contribution >= 4 is 5.84 Å². The summed E-state index contributed by atoms with van der Waals surface area (Å²) in [7, 11) is 0. The summed E-state index contributed by atoms with van der Waals surface area (Å²) in [5.74, 6) is 1.07. The van der Waals surface area contributed by atoms with Gasteiger partial charge in [0.2, 0.25) is 0 Å². The van der Waals surface area contributed by atoms with Crippen LogP contribution < -0.4 is 10.1 Å². The highest BCUT2D eigenvalue weighted by Gasteiger charge is 2.43. The van der Waals surface area contributed by atoms with Gasteiger partial charge in [0.25, 0.3) is 0 Å². The topological polar surface area (TPSA) is 90.5 Å². The lowest BCUT2D eigenvalue weighted by Crippen LogP contribution is -2.48. The van der Waals surface area contributed by atoms with Crippen LogP contribution in [0.15, 0.2) is 47.7 Å². The molecule has 2 atom stereocenters. The minimum Gasteiger partial charge on any atom is -0.485 e. The maximum atomic E-state index is 10.9. The molecule has 2 N–H and O–H groups in total. The molecule has 0 saturated heterocycles. The van der Waals surface area contributed by atoms with E-state index in [9.17, 15) is 5.11 Å². The third-order valence-corrected chi connectivity index (χ3v) is 4.56. The molecule has 1 aromatic heterocycles. The van der Waals surface area contributed by atoms with E-state index in [0.717, 1.165) is 17.5 Å². The number of nitriles is 1. The molecule has 0 spiro atoms. The molecule has 6 nitrogen and oxygen atoms in total. The van der Waals surface area contributed by atoms with Crippen LogP contribution in [0.4, 0.5) is 0 Å². The number of nitrogens with zero attached hydrogens (tertiary/aromatic N) is 3. The second-order valence-electron chi connectivity index (χ2n) is 6.78. The summed E-state index contributed by atoms with van der Waals surface area (Å²) in [5.41, 5.74) is 1.83. The van der Waals surface area contributed by atoms with Gasteiger partial charge in [-0.25, -0.2) is 0 Å². The van der Waals surface area contributed by atoms with Gasteiger partial charge in [0.05, 0.1) is 0 Å². The van der Waals surface area contributed by atoms with Gasteiger partial charge in [-0.3, -0.25) is 15.3 Å². The molecule has 2 heterocycles. The molecule has 2 aromatic rings. The Bertz CT molecular complexity index is 856. The summed E-state index contributed by atoms with van der Waals surface area (Å²) >= 11 is 0. The van der Waals surface area contributed by atoms with E-state index in [-0.39, 0.29) is 0 Å². The molecule has 134 valence electrons. The Morgan fingerprint density at radius 2 is 2.23 bits per heavy atom. The Balaban J connectivity index is 2.13. The van der Waals surface area contributed by atoms with Crippen LogP contribution in [0.1, 0.15) is 43.5 Å². The Morgan fingerprint density at radius 1 is 1.42 bits per heavy atom. The minimum atomic E-state index is -0.866. The maximum Gasteiger partial charge on any atom is 0.182 e. The third kappa shape index (κ3) is 3.39. The average molecular weight is 350 g/mol. The van der Waals surface area contributed by atoms with E-state index in [1.165, 1.54) is 0 Å². The van der Waals surface area contributed by atoms with Crippen LogP contribution in [0.3, 0.4) is 0 Å². The lowest BCUT2D eigenvalue weighted by atomic mass is 9.86. The molecule has 0 aliphatic carbocycles. The number of fused-ring (bicyclic) bond motifs is 1. The summed E-state index contributed by atoms with van der Waals surface area (Å²) in [4.78, 5) is 8.78. The number of aliphatic hydroxyl groups is 1. The first kappa shape index (κ1) is 17.9.